The van der Waals surface area contributed by atoms with E-state index in [1.165, 1.54) is 6.07 Å². The highest BCUT2D eigenvalue weighted by atomic mass is 19.1. The van der Waals surface area contributed by atoms with E-state index >= 15 is 0 Å². The van der Waals surface area contributed by atoms with Crippen LogP contribution in [0.25, 0.3) is 0 Å². The van der Waals surface area contributed by atoms with E-state index < -0.39 is 11.6 Å². The molecule has 0 heterocycles. The number of hydrogen-bond donors (Lipinski definition) is 2. The van der Waals surface area contributed by atoms with Crippen LogP contribution in [0.5, 0.6) is 0 Å². The van der Waals surface area contributed by atoms with Crippen LogP contribution in [0.2, 0.25) is 0 Å². The fraction of sp³-hybridized carbons (Fsp3) is 0.533. The fourth-order valence-corrected chi connectivity index (χ4v) is 1.69. The van der Waals surface area contributed by atoms with Gasteiger partial charge in [0.25, 0.3) is 0 Å². The summed E-state index contributed by atoms with van der Waals surface area (Å²) in [5, 5.41) is 6.36. The van der Waals surface area contributed by atoms with Crippen LogP contribution in [-0.4, -0.2) is 24.6 Å². The molecular formula is C15H23F2N3. The number of nitrogens with zero attached hydrogens (tertiary/aromatic N) is 1. The summed E-state index contributed by atoms with van der Waals surface area (Å²) in [4.78, 5) is 4.37. The zero-order valence-electron chi connectivity index (χ0n) is 12.6. The predicted molar refractivity (Wildman–Crippen MR) is 78.9 cm³/mol. The van der Waals surface area contributed by atoms with E-state index in [0.717, 1.165) is 18.7 Å². The zero-order valence-corrected chi connectivity index (χ0v) is 12.6. The number of guanidine groups is 1. The van der Waals surface area contributed by atoms with Crippen molar-refractivity contribution < 1.29 is 8.78 Å². The predicted octanol–water partition coefficient (Wildman–Crippen LogP) is 2.86. The third-order valence-electron chi connectivity index (χ3n) is 2.50. The zero-order chi connectivity index (χ0) is 15.2. The van der Waals surface area contributed by atoms with Gasteiger partial charge in [0.2, 0.25) is 0 Å². The van der Waals surface area contributed by atoms with Gasteiger partial charge in [0.05, 0.1) is 0 Å². The Morgan fingerprint density at radius 3 is 2.55 bits per heavy atom. The van der Waals surface area contributed by atoms with Crippen LogP contribution in [0.4, 0.5) is 8.78 Å². The van der Waals surface area contributed by atoms with Crippen LogP contribution in [0.15, 0.2) is 23.2 Å². The summed E-state index contributed by atoms with van der Waals surface area (Å²) in [6.45, 7) is 9.22. The van der Waals surface area contributed by atoms with E-state index in [0.29, 0.717) is 24.5 Å². The minimum Gasteiger partial charge on any atom is -0.357 e. The lowest BCUT2D eigenvalue weighted by Gasteiger charge is -2.23. The van der Waals surface area contributed by atoms with Gasteiger partial charge in [-0.3, -0.25) is 4.99 Å². The molecule has 0 radical (unpaired) electrons. The molecule has 1 rings (SSSR count). The second-order valence-electron chi connectivity index (χ2n) is 5.62. The molecule has 3 nitrogen and oxygen atoms in total. The molecule has 0 aliphatic heterocycles. The van der Waals surface area contributed by atoms with E-state index in [9.17, 15) is 8.78 Å². The quantitative estimate of drug-likeness (QED) is 0.658. The second-order valence-corrected chi connectivity index (χ2v) is 5.62. The minimum absolute atomic E-state index is 0.106. The van der Waals surface area contributed by atoms with E-state index in [1.807, 2.05) is 27.7 Å². The summed E-state index contributed by atoms with van der Waals surface area (Å²) in [5.74, 6) is -0.141. The summed E-state index contributed by atoms with van der Waals surface area (Å²) in [6, 6.07) is 3.48. The first-order valence-electron chi connectivity index (χ1n) is 6.82. The van der Waals surface area contributed by atoms with Gasteiger partial charge in [-0.1, -0.05) is 0 Å². The summed E-state index contributed by atoms with van der Waals surface area (Å²) < 4.78 is 26.5. The number of nitrogens with one attached hydrogen (secondary N) is 2. The third kappa shape index (κ3) is 5.99. The maximum Gasteiger partial charge on any atom is 0.191 e. The van der Waals surface area contributed by atoms with Crippen LogP contribution in [0.1, 0.15) is 33.3 Å². The molecule has 0 aromatic heterocycles. The first-order chi connectivity index (χ1) is 9.31. The van der Waals surface area contributed by atoms with Crippen LogP contribution in [0.3, 0.4) is 0 Å². The Hall–Kier alpha value is -1.65. The number of halogens is 2. The standard InChI is InChI=1S/C15H23F2N3/c1-5-18-14(20-15(2,3)4)19-9-8-11-10-12(16)6-7-13(11)17/h6-7,10H,5,8-9H2,1-4H3,(H2,18,19,20). The topological polar surface area (TPSA) is 36.4 Å². The summed E-state index contributed by atoms with van der Waals surface area (Å²) >= 11 is 0. The molecule has 1 aromatic rings. The molecule has 0 aliphatic carbocycles. The minimum atomic E-state index is -0.426. The molecule has 0 spiro atoms. The Labute approximate surface area is 119 Å². The van der Waals surface area contributed by atoms with Gasteiger partial charge >= 0.3 is 0 Å². The number of rotatable bonds is 4. The first-order valence-corrected chi connectivity index (χ1v) is 6.82. The van der Waals surface area contributed by atoms with E-state index in [2.05, 4.69) is 15.6 Å². The molecule has 0 saturated carbocycles. The maximum absolute atomic E-state index is 13.5. The monoisotopic (exact) mass is 283 g/mol. The first kappa shape index (κ1) is 16.4. The second kappa shape index (κ2) is 7.22. The average Bonchev–Trinajstić information content (AvgIpc) is 2.32. The van der Waals surface area contributed by atoms with Gasteiger partial charge < -0.3 is 10.6 Å². The number of benzene rings is 1. The molecule has 0 saturated heterocycles. The normalized spacial score (nSPS) is 12.4. The molecule has 0 aliphatic rings. The summed E-state index contributed by atoms with van der Waals surface area (Å²) in [6.07, 6.45) is 0.365. The van der Waals surface area contributed by atoms with Crippen LogP contribution < -0.4 is 10.6 Å². The molecule has 0 amide bonds. The molecule has 0 fully saturated rings. The van der Waals surface area contributed by atoms with Gasteiger partial charge in [-0.25, -0.2) is 8.78 Å². The van der Waals surface area contributed by atoms with E-state index in [1.54, 1.807) is 0 Å². The van der Waals surface area contributed by atoms with Gasteiger partial charge in [-0.2, -0.15) is 0 Å². The lowest BCUT2D eigenvalue weighted by molar-refractivity contribution is 0.501. The molecular weight excluding hydrogens is 260 g/mol. The summed E-state index contributed by atoms with van der Waals surface area (Å²) in [7, 11) is 0. The highest BCUT2D eigenvalue weighted by molar-refractivity contribution is 5.80. The molecule has 0 bridgehead atoms. The van der Waals surface area contributed by atoms with Gasteiger partial charge in [0, 0.05) is 18.6 Å². The Morgan fingerprint density at radius 2 is 1.95 bits per heavy atom. The van der Waals surface area contributed by atoms with Crippen molar-refractivity contribution in [2.45, 2.75) is 39.7 Å². The molecule has 2 N–H and O–H groups in total. The van der Waals surface area contributed by atoms with Crippen LogP contribution in [-0.2, 0) is 6.42 Å². The van der Waals surface area contributed by atoms with Crippen molar-refractivity contribution in [1.29, 1.82) is 0 Å². The summed E-state index contributed by atoms with van der Waals surface area (Å²) in [5.41, 5.74) is 0.242. The Morgan fingerprint density at radius 1 is 1.25 bits per heavy atom. The molecule has 20 heavy (non-hydrogen) atoms. The van der Waals surface area contributed by atoms with Crippen molar-refractivity contribution in [3.63, 3.8) is 0 Å². The highest BCUT2D eigenvalue weighted by Crippen LogP contribution is 2.10. The SMILES string of the molecule is CCNC(=NCCc1cc(F)ccc1F)NC(C)(C)C. The number of hydrogen-bond acceptors (Lipinski definition) is 1. The lowest BCUT2D eigenvalue weighted by Crippen LogP contribution is -2.47. The largest absolute Gasteiger partial charge is 0.357 e. The van der Waals surface area contributed by atoms with Crippen molar-refractivity contribution in [3.05, 3.63) is 35.4 Å². The van der Waals surface area contributed by atoms with Crippen molar-refractivity contribution in [1.82, 2.24) is 10.6 Å². The Kier molecular flexibility index (Phi) is 5.92. The Balaban J connectivity index is 2.66. The molecule has 0 unspecified atom stereocenters. The fourth-order valence-electron chi connectivity index (χ4n) is 1.69. The molecule has 0 atom stereocenters. The smallest absolute Gasteiger partial charge is 0.191 e. The van der Waals surface area contributed by atoms with E-state index in [-0.39, 0.29) is 5.54 Å². The Bertz CT molecular complexity index is 465. The van der Waals surface area contributed by atoms with Crippen molar-refractivity contribution in [2.24, 2.45) is 4.99 Å². The maximum atomic E-state index is 13.5. The molecule has 112 valence electrons. The highest BCUT2D eigenvalue weighted by Gasteiger charge is 2.11. The molecule has 1 aromatic carbocycles. The van der Waals surface area contributed by atoms with Crippen molar-refractivity contribution in [2.75, 3.05) is 13.1 Å². The van der Waals surface area contributed by atoms with Crippen molar-refractivity contribution >= 4 is 5.96 Å². The van der Waals surface area contributed by atoms with E-state index in [4.69, 9.17) is 0 Å². The van der Waals surface area contributed by atoms with Gasteiger partial charge in [-0.15, -0.1) is 0 Å². The van der Waals surface area contributed by atoms with Gasteiger partial charge in [0.15, 0.2) is 5.96 Å². The lowest BCUT2D eigenvalue weighted by atomic mass is 10.1. The third-order valence-corrected chi connectivity index (χ3v) is 2.50. The van der Waals surface area contributed by atoms with Crippen molar-refractivity contribution in [3.8, 4) is 0 Å². The van der Waals surface area contributed by atoms with Crippen LogP contribution >= 0.6 is 0 Å². The number of aliphatic imine (C=N–C) groups is 1. The average molecular weight is 283 g/mol. The van der Waals surface area contributed by atoms with Crippen LogP contribution in [0, 0.1) is 11.6 Å². The molecule has 5 heteroatoms. The van der Waals surface area contributed by atoms with Gasteiger partial charge in [-0.05, 0) is 57.9 Å². The van der Waals surface area contributed by atoms with Gasteiger partial charge in [0.1, 0.15) is 11.6 Å².